The number of aryl methyl sites for hydroxylation is 2. The van der Waals surface area contributed by atoms with Crippen molar-refractivity contribution in [1.82, 2.24) is 20.2 Å². The zero-order valence-corrected chi connectivity index (χ0v) is 14.1. The Labute approximate surface area is 137 Å². The lowest BCUT2D eigenvalue weighted by Crippen LogP contribution is -2.41. The number of carbonyl (C=O) groups excluding carboxylic acids is 1. The third kappa shape index (κ3) is 3.44. The van der Waals surface area contributed by atoms with Gasteiger partial charge in [-0.2, -0.15) is 0 Å². The van der Waals surface area contributed by atoms with E-state index in [0.29, 0.717) is 33.0 Å². The maximum Gasteiger partial charge on any atom is 0.261 e. The van der Waals surface area contributed by atoms with Crippen molar-refractivity contribution in [2.75, 3.05) is 39.4 Å². The molecule has 2 N–H and O–H groups in total. The number of morpholine rings is 1. The summed E-state index contributed by atoms with van der Waals surface area (Å²) in [6, 6.07) is 0. The van der Waals surface area contributed by atoms with Gasteiger partial charge in [0, 0.05) is 26.2 Å². The molecule has 2 aromatic rings. The number of fused-ring (bicyclic) bond motifs is 1. The quantitative estimate of drug-likeness (QED) is 0.857. The summed E-state index contributed by atoms with van der Waals surface area (Å²) < 4.78 is 5.30. The number of ether oxygens (including phenoxy) is 1. The van der Waals surface area contributed by atoms with Gasteiger partial charge in [0.15, 0.2) is 0 Å². The second kappa shape index (κ2) is 6.77. The first kappa shape index (κ1) is 16.1. The van der Waals surface area contributed by atoms with Crippen LogP contribution in [0.5, 0.6) is 0 Å². The van der Waals surface area contributed by atoms with Gasteiger partial charge in [-0.15, -0.1) is 11.3 Å². The van der Waals surface area contributed by atoms with Gasteiger partial charge in [0.1, 0.15) is 10.7 Å². The highest BCUT2D eigenvalue weighted by Crippen LogP contribution is 2.26. The number of aromatic amines is 1. The first-order valence-corrected chi connectivity index (χ1v) is 8.46. The fourth-order valence-corrected chi connectivity index (χ4v) is 3.84. The van der Waals surface area contributed by atoms with Crippen LogP contribution in [0.3, 0.4) is 0 Å². The Hall–Kier alpha value is -1.77. The van der Waals surface area contributed by atoms with Crippen LogP contribution in [-0.4, -0.2) is 60.2 Å². The second-order valence-corrected chi connectivity index (χ2v) is 6.60. The zero-order valence-electron chi connectivity index (χ0n) is 13.3. The number of aromatic nitrogens is 2. The smallest absolute Gasteiger partial charge is 0.261 e. The molecule has 3 heterocycles. The van der Waals surface area contributed by atoms with Crippen LogP contribution >= 0.6 is 11.3 Å². The number of thiophene rings is 1. The minimum absolute atomic E-state index is 0.143. The van der Waals surface area contributed by atoms with E-state index in [1.807, 2.05) is 0 Å². The average Bonchev–Trinajstić information content (AvgIpc) is 2.85. The Balaban J connectivity index is 1.69. The van der Waals surface area contributed by atoms with Gasteiger partial charge in [0.25, 0.3) is 11.5 Å². The van der Waals surface area contributed by atoms with Crippen LogP contribution in [0.25, 0.3) is 10.2 Å². The monoisotopic (exact) mass is 336 g/mol. The van der Waals surface area contributed by atoms with Crippen LogP contribution in [-0.2, 0) is 4.74 Å². The Morgan fingerprint density at radius 1 is 1.39 bits per heavy atom. The van der Waals surface area contributed by atoms with Gasteiger partial charge in [-0.05, 0) is 19.4 Å². The molecule has 1 aliphatic heterocycles. The van der Waals surface area contributed by atoms with E-state index in [1.54, 1.807) is 13.8 Å². The lowest BCUT2D eigenvalue weighted by atomic mass is 10.2. The van der Waals surface area contributed by atoms with E-state index >= 15 is 0 Å². The second-order valence-electron chi connectivity index (χ2n) is 5.60. The molecule has 23 heavy (non-hydrogen) atoms. The molecule has 0 unspecified atom stereocenters. The summed E-state index contributed by atoms with van der Waals surface area (Å²) in [5, 5.41) is 3.44. The molecule has 2 aromatic heterocycles. The Kier molecular flexibility index (Phi) is 4.74. The molecular weight excluding hydrogens is 316 g/mol. The maximum atomic E-state index is 12.4. The minimum atomic E-state index is -0.186. The molecule has 7 nitrogen and oxygen atoms in total. The molecule has 0 aromatic carbocycles. The number of nitrogens with one attached hydrogen (secondary N) is 2. The topological polar surface area (TPSA) is 87.3 Å². The summed E-state index contributed by atoms with van der Waals surface area (Å²) in [6.07, 6.45) is 0. The van der Waals surface area contributed by atoms with Crippen molar-refractivity contribution in [2.45, 2.75) is 13.8 Å². The van der Waals surface area contributed by atoms with Crippen molar-refractivity contribution in [3.05, 3.63) is 26.6 Å². The van der Waals surface area contributed by atoms with Crippen molar-refractivity contribution in [3.63, 3.8) is 0 Å². The molecule has 0 atom stereocenters. The highest BCUT2D eigenvalue weighted by Gasteiger charge is 2.19. The third-order valence-electron chi connectivity index (χ3n) is 3.94. The summed E-state index contributed by atoms with van der Waals surface area (Å²) in [5.41, 5.74) is 0.510. The van der Waals surface area contributed by atoms with Gasteiger partial charge in [0.05, 0.1) is 23.5 Å². The molecule has 0 radical (unpaired) electrons. The third-order valence-corrected chi connectivity index (χ3v) is 5.13. The fraction of sp³-hybridized carbons (Fsp3) is 0.533. The van der Waals surface area contributed by atoms with E-state index in [0.717, 1.165) is 32.8 Å². The molecule has 1 amide bonds. The van der Waals surface area contributed by atoms with Crippen molar-refractivity contribution in [2.24, 2.45) is 0 Å². The molecule has 0 aliphatic carbocycles. The van der Waals surface area contributed by atoms with Crippen LogP contribution in [0, 0.1) is 13.8 Å². The van der Waals surface area contributed by atoms with E-state index in [4.69, 9.17) is 4.74 Å². The average molecular weight is 336 g/mol. The predicted octanol–water partition coefficient (Wildman–Crippen LogP) is 0.663. The number of rotatable bonds is 4. The van der Waals surface area contributed by atoms with E-state index < -0.39 is 0 Å². The summed E-state index contributed by atoms with van der Waals surface area (Å²) in [7, 11) is 0. The van der Waals surface area contributed by atoms with Crippen molar-refractivity contribution in [3.8, 4) is 0 Å². The van der Waals surface area contributed by atoms with Crippen LogP contribution in [0.15, 0.2) is 4.79 Å². The normalized spacial score (nSPS) is 15.9. The van der Waals surface area contributed by atoms with E-state index in [9.17, 15) is 9.59 Å². The van der Waals surface area contributed by atoms with Gasteiger partial charge >= 0.3 is 0 Å². The molecule has 0 bridgehead atoms. The number of H-pyrrole nitrogens is 1. The van der Waals surface area contributed by atoms with Gasteiger partial charge in [0.2, 0.25) is 0 Å². The number of nitrogens with zero attached hydrogens (tertiary/aromatic N) is 2. The first-order valence-electron chi connectivity index (χ1n) is 7.64. The molecule has 1 saturated heterocycles. The highest BCUT2D eigenvalue weighted by atomic mass is 32.1. The standard InChI is InChI=1S/C15H20N4O3S/c1-9-11-13(20)17-10(2)18-15(11)23-12(9)14(21)16-3-4-19-5-7-22-8-6-19/h3-8H2,1-2H3,(H,16,21)(H,17,18,20). The van der Waals surface area contributed by atoms with E-state index in [1.165, 1.54) is 11.3 Å². The summed E-state index contributed by atoms with van der Waals surface area (Å²) in [5.74, 6) is 0.416. The van der Waals surface area contributed by atoms with E-state index in [2.05, 4.69) is 20.2 Å². The summed E-state index contributed by atoms with van der Waals surface area (Å²) in [6.45, 7) is 8.20. The van der Waals surface area contributed by atoms with Gasteiger partial charge < -0.3 is 15.0 Å². The van der Waals surface area contributed by atoms with E-state index in [-0.39, 0.29) is 11.5 Å². The zero-order chi connectivity index (χ0) is 16.4. The van der Waals surface area contributed by atoms with Crippen molar-refractivity contribution in [1.29, 1.82) is 0 Å². The number of carbonyl (C=O) groups is 1. The highest BCUT2D eigenvalue weighted by molar-refractivity contribution is 7.20. The lowest BCUT2D eigenvalue weighted by molar-refractivity contribution is 0.0383. The lowest BCUT2D eigenvalue weighted by Gasteiger charge is -2.26. The Morgan fingerprint density at radius 3 is 2.87 bits per heavy atom. The molecular formula is C15H20N4O3S. The largest absolute Gasteiger partial charge is 0.379 e. The molecule has 0 saturated carbocycles. The SMILES string of the molecule is Cc1nc2sc(C(=O)NCCN3CCOCC3)c(C)c2c(=O)[nH]1. The van der Waals surface area contributed by atoms with Crippen molar-refractivity contribution < 1.29 is 9.53 Å². The minimum Gasteiger partial charge on any atom is -0.379 e. The molecule has 0 spiro atoms. The molecule has 3 rings (SSSR count). The summed E-state index contributed by atoms with van der Waals surface area (Å²) >= 11 is 1.27. The van der Waals surface area contributed by atoms with Crippen molar-refractivity contribution >= 4 is 27.5 Å². The van der Waals surface area contributed by atoms with Gasteiger partial charge in [-0.1, -0.05) is 0 Å². The van der Waals surface area contributed by atoms with Crippen LogP contribution in [0.2, 0.25) is 0 Å². The Bertz CT molecular complexity index is 777. The molecule has 124 valence electrons. The maximum absolute atomic E-state index is 12.4. The van der Waals surface area contributed by atoms with Crippen LogP contribution in [0.1, 0.15) is 21.1 Å². The predicted molar refractivity (Wildman–Crippen MR) is 89.3 cm³/mol. The van der Waals surface area contributed by atoms with Crippen LogP contribution in [0.4, 0.5) is 0 Å². The Morgan fingerprint density at radius 2 is 2.13 bits per heavy atom. The fourth-order valence-electron chi connectivity index (χ4n) is 2.70. The molecule has 8 heteroatoms. The number of hydrogen-bond donors (Lipinski definition) is 2. The molecule has 1 fully saturated rings. The van der Waals surface area contributed by atoms with Crippen LogP contribution < -0.4 is 10.9 Å². The van der Waals surface area contributed by atoms with Gasteiger partial charge in [-0.3, -0.25) is 14.5 Å². The first-order chi connectivity index (χ1) is 11.1. The number of hydrogen-bond acceptors (Lipinski definition) is 6. The summed E-state index contributed by atoms with van der Waals surface area (Å²) in [4.78, 5) is 34.9. The number of amides is 1. The molecule has 1 aliphatic rings. The van der Waals surface area contributed by atoms with Gasteiger partial charge in [-0.25, -0.2) is 4.98 Å².